The van der Waals surface area contributed by atoms with Crippen LogP contribution in [-0.2, 0) is 48.7 Å². The third-order valence-corrected chi connectivity index (χ3v) is 13.8. The average Bonchev–Trinajstić information content (AvgIpc) is 3.58. The van der Waals surface area contributed by atoms with Crippen LogP contribution in [0.25, 0.3) is 0 Å². The van der Waals surface area contributed by atoms with Gasteiger partial charge in [-0.1, -0.05) is 38.1 Å². The molecule has 1 saturated heterocycles. The zero-order chi connectivity index (χ0) is 53.8. The molecule has 1 fully saturated rings. The topological polar surface area (TPSA) is 182 Å². The molecule has 3 N–H and O–H groups in total. The summed E-state index contributed by atoms with van der Waals surface area (Å²) >= 11 is 0. The number of nitrogens with one attached hydrogen (secondary N) is 3. The van der Waals surface area contributed by atoms with E-state index in [1.807, 2.05) is 51.9 Å². The molecule has 2 aliphatic rings. The second-order valence-corrected chi connectivity index (χ2v) is 22.8. The van der Waals surface area contributed by atoms with Crippen LogP contribution in [0.15, 0.2) is 96.2 Å². The van der Waals surface area contributed by atoms with E-state index in [2.05, 4.69) is 49.6 Å². The minimum Gasteiger partial charge on any atom is -0.444 e. The van der Waals surface area contributed by atoms with Crippen molar-refractivity contribution >= 4 is 56.6 Å². The van der Waals surface area contributed by atoms with Gasteiger partial charge < -0.3 is 35.4 Å². The van der Waals surface area contributed by atoms with E-state index in [1.54, 1.807) is 47.4 Å². The Hall–Kier alpha value is -6.71. The van der Waals surface area contributed by atoms with E-state index >= 15 is 0 Å². The zero-order valence-electron chi connectivity index (χ0n) is 42.9. The summed E-state index contributed by atoms with van der Waals surface area (Å²) in [5.41, 5.74) is 2.57. The number of pyridine rings is 1. The van der Waals surface area contributed by atoms with Gasteiger partial charge in [-0.15, -0.1) is 0 Å². The van der Waals surface area contributed by atoms with E-state index in [1.165, 1.54) is 30.3 Å². The second kappa shape index (κ2) is 22.4. The van der Waals surface area contributed by atoms with Gasteiger partial charge in [-0.2, -0.15) is 18.2 Å². The van der Waals surface area contributed by atoms with Gasteiger partial charge in [0.1, 0.15) is 22.8 Å². The number of alkyl halides is 3. The minimum absolute atomic E-state index is 0.0324. The third kappa shape index (κ3) is 14.5. The first-order valence-corrected chi connectivity index (χ1v) is 26.2. The fraction of sp³-hybridized carbons (Fsp3) is 0.434. The van der Waals surface area contributed by atoms with Crippen molar-refractivity contribution in [2.45, 2.75) is 102 Å². The van der Waals surface area contributed by atoms with Crippen molar-refractivity contribution in [2.75, 3.05) is 73.4 Å². The van der Waals surface area contributed by atoms with Crippen LogP contribution in [0.3, 0.4) is 0 Å². The Balaban J connectivity index is 0.949. The monoisotopic (exact) mass is 1040 g/mol. The molecule has 0 radical (unpaired) electrons. The largest absolute Gasteiger partial charge is 0.444 e. The lowest BCUT2D eigenvalue weighted by molar-refractivity contribution is -0.137. The first-order chi connectivity index (χ1) is 34.7. The standard InChI is InChI=1S/C53H64F4N10O6S/c1-34-29-65(32-46(69)67-33-52(5,6)47-44(67)25-37(27-58-47)23-35-14-16-38(54)17-15-35)41(31-66(34)50(70)73-51(2,3)4)30-64(7)22-10-13-45(68)61-39-18-20-40(21-19-39)62-49-60-28-43(53(55,56)57)48(63-49)59-26-36-11-9-12-42(24-36)74(8,71)72/h9,11-12,14-21,24-25,27-28,34,41H,10,13,22-23,26,29-33H2,1-8H3,(H,61,68)(H2,59,60,62,63)/t34-,41+/m1/s1. The lowest BCUT2D eigenvalue weighted by Gasteiger charge is -2.46. The first kappa shape index (κ1) is 55.0. The maximum atomic E-state index is 14.4. The summed E-state index contributed by atoms with van der Waals surface area (Å²) in [6, 6.07) is 20.2. The van der Waals surface area contributed by atoms with Crippen LogP contribution in [0.2, 0.25) is 0 Å². The maximum Gasteiger partial charge on any atom is 0.421 e. The molecule has 4 heterocycles. The molecule has 16 nitrogen and oxygen atoms in total. The quantitative estimate of drug-likeness (QED) is 0.0754. The number of likely N-dealkylation sites (N-methyl/N-ethyl adjacent to an activating group) is 1. The van der Waals surface area contributed by atoms with Crippen molar-refractivity contribution in [1.82, 2.24) is 29.7 Å². The van der Waals surface area contributed by atoms with Gasteiger partial charge in [0.2, 0.25) is 17.8 Å². The normalized spacial score (nSPS) is 17.0. The van der Waals surface area contributed by atoms with Crippen molar-refractivity contribution < 1.29 is 45.1 Å². The van der Waals surface area contributed by atoms with Gasteiger partial charge in [-0.05, 0) is 125 Å². The number of anilines is 5. The molecule has 74 heavy (non-hydrogen) atoms. The van der Waals surface area contributed by atoms with E-state index in [0.29, 0.717) is 68.7 Å². The Morgan fingerprint density at radius 3 is 2.28 bits per heavy atom. The summed E-state index contributed by atoms with van der Waals surface area (Å²) in [6.07, 6.45) is -0.467. The number of fused-ring (bicyclic) bond motifs is 1. The number of carbonyl (C=O) groups excluding carboxylic acids is 3. The highest BCUT2D eigenvalue weighted by Crippen LogP contribution is 2.40. The molecular formula is C53H64F4N10O6S. The lowest BCUT2D eigenvalue weighted by atomic mass is 9.91. The van der Waals surface area contributed by atoms with Gasteiger partial charge in [0.15, 0.2) is 9.84 Å². The first-order valence-electron chi connectivity index (χ1n) is 24.3. The number of amides is 3. The van der Waals surface area contributed by atoms with Crippen molar-refractivity contribution in [3.05, 3.63) is 125 Å². The second-order valence-electron chi connectivity index (χ2n) is 20.8. The SMILES string of the molecule is C[C@@H]1CN(CC(=O)N2CC(C)(C)c3ncc(Cc4ccc(F)cc4)cc32)[C@@H](CN(C)CCCC(=O)Nc2ccc(Nc3ncc(C(F)(F)F)c(NCc4cccc(S(C)(=O)=O)c4)n3)cc2)CN1C(=O)OC(C)(C)C. The Labute approximate surface area is 429 Å². The van der Waals surface area contributed by atoms with Crippen LogP contribution in [0.1, 0.15) is 82.3 Å². The van der Waals surface area contributed by atoms with Gasteiger partial charge in [0.05, 0.1) is 22.8 Å². The summed E-state index contributed by atoms with van der Waals surface area (Å²) in [5, 5.41) is 8.42. The Morgan fingerprint density at radius 2 is 1.61 bits per heavy atom. The summed E-state index contributed by atoms with van der Waals surface area (Å²) in [5.74, 6) is -1.27. The third-order valence-electron chi connectivity index (χ3n) is 12.7. The number of aromatic nitrogens is 3. The highest BCUT2D eigenvalue weighted by Gasteiger charge is 2.43. The number of ether oxygens (including phenoxy) is 1. The zero-order valence-corrected chi connectivity index (χ0v) is 43.7. The molecule has 0 saturated carbocycles. The average molecular weight is 1050 g/mol. The van der Waals surface area contributed by atoms with Gasteiger partial charge >= 0.3 is 12.3 Å². The van der Waals surface area contributed by atoms with Crippen LogP contribution >= 0.6 is 0 Å². The molecule has 0 aliphatic carbocycles. The number of nitrogens with zero attached hydrogens (tertiary/aromatic N) is 7. The highest BCUT2D eigenvalue weighted by molar-refractivity contribution is 7.90. The predicted molar refractivity (Wildman–Crippen MR) is 276 cm³/mol. The summed E-state index contributed by atoms with van der Waals surface area (Å²) in [6.45, 7) is 13.7. The maximum absolute atomic E-state index is 14.4. The number of benzene rings is 3. The fourth-order valence-electron chi connectivity index (χ4n) is 9.05. The lowest BCUT2D eigenvalue weighted by Crippen LogP contribution is -2.63. The number of hydrogen-bond acceptors (Lipinski definition) is 13. The molecule has 3 aromatic carbocycles. The number of carbonyl (C=O) groups is 3. The molecule has 3 amide bonds. The van der Waals surface area contributed by atoms with E-state index in [0.717, 1.165) is 28.8 Å². The Kier molecular flexibility index (Phi) is 16.7. The predicted octanol–water partition coefficient (Wildman–Crippen LogP) is 8.66. The van der Waals surface area contributed by atoms with E-state index in [4.69, 9.17) is 9.72 Å². The fourth-order valence-corrected chi connectivity index (χ4v) is 9.74. The molecule has 2 aliphatic heterocycles. The molecular weight excluding hydrogens is 981 g/mol. The minimum atomic E-state index is -4.77. The smallest absolute Gasteiger partial charge is 0.421 e. The van der Waals surface area contributed by atoms with Crippen LogP contribution in [0, 0.1) is 5.82 Å². The molecule has 5 aromatic rings. The van der Waals surface area contributed by atoms with E-state index < -0.39 is 44.5 Å². The molecule has 2 atom stereocenters. The van der Waals surface area contributed by atoms with Gasteiger partial charge in [-0.3, -0.25) is 19.5 Å². The molecule has 2 aromatic heterocycles. The van der Waals surface area contributed by atoms with Crippen molar-refractivity contribution in [3.8, 4) is 0 Å². The highest BCUT2D eigenvalue weighted by atomic mass is 32.2. The van der Waals surface area contributed by atoms with Crippen LogP contribution in [0.4, 0.5) is 51.2 Å². The molecule has 0 unspecified atom stereocenters. The van der Waals surface area contributed by atoms with Gasteiger partial charge in [0.25, 0.3) is 0 Å². The van der Waals surface area contributed by atoms with E-state index in [9.17, 15) is 40.4 Å². The molecule has 0 spiro atoms. The van der Waals surface area contributed by atoms with Gasteiger partial charge in [-0.25, -0.2) is 22.6 Å². The summed E-state index contributed by atoms with van der Waals surface area (Å²) in [4.78, 5) is 61.6. The van der Waals surface area contributed by atoms with Crippen LogP contribution in [-0.4, -0.2) is 126 Å². The van der Waals surface area contributed by atoms with Crippen molar-refractivity contribution in [3.63, 3.8) is 0 Å². The number of sulfone groups is 1. The number of rotatable bonds is 17. The molecule has 7 rings (SSSR count). The van der Waals surface area contributed by atoms with Crippen molar-refractivity contribution in [2.24, 2.45) is 0 Å². The summed E-state index contributed by atoms with van der Waals surface area (Å²) < 4.78 is 85.2. The van der Waals surface area contributed by atoms with E-state index in [-0.39, 0.29) is 60.1 Å². The number of piperazine rings is 1. The Morgan fingerprint density at radius 1 is 0.905 bits per heavy atom. The molecule has 0 bridgehead atoms. The summed E-state index contributed by atoms with van der Waals surface area (Å²) in [7, 11) is -1.59. The van der Waals surface area contributed by atoms with Crippen molar-refractivity contribution in [1.29, 1.82) is 0 Å². The van der Waals surface area contributed by atoms with Gasteiger partial charge in [0, 0.05) is 86.7 Å². The number of hydrogen-bond donors (Lipinski definition) is 3. The molecule has 396 valence electrons. The molecule has 21 heteroatoms. The number of halogens is 4. The Bertz CT molecular complexity index is 2940. The van der Waals surface area contributed by atoms with Crippen LogP contribution in [0.5, 0.6) is 0 Å². The van der Waals surface area contributed by atoms with Crippen LogP contribution < -0.4 is 20.9 Å².